The van der Waals surface area contributed by atoms with Crippen LogP contribution in [0.2, 0.25) is 5.02 Å². The Labute approximate surface area is 229 Å². The molecule has 0 atom stereocenters. The summed E-state index contributed by atoms with van der Waals surface area (Å²) in [4.78, 5) is 12.8. The number of benzene rings is 1. The summed E-state index contributed by atoms with van der Waals surface area (Å²) >= 11 is 5.70. The third kappa shape index (κ3) is 10.1. The SMILES string of the molecule is CCn1nc(C(=O)NCC2CCC(C)CC2)c(Cl)c1-c1ccc(CCC(F)(F)F)cc1OC(F)(F)F.O=S=O. The van der Waals surface area contributed by atoms with Crippen molar-refractivity contribution in [1.82, 2.24) is 15.1 Å². The number of rotatable bonds is 8. The molecule has 0 bridgehead atoms. The Morgan fingerprint density at radius 1 is 1.15 bits per heavy atom. The summed E-state index contributed by atoms with van der Waals surface area (Å²) < 4.78 is 99.2. The second-order valence-electron chi connectivity index (χ2n) is 9.22. The first-order valence-electron chi connectivity index (χ1n) is 12.1. The molecule has 1 aromatic heterocycles. The van der Waals surface area contributed by atoms with Gasteiger partial charge in [-0.25, -0.2) is 0 Å². The fraction of sp³-hybridized carbons (Fsp3) is 0.583. The third-order valence-electron chi connectivity index (χ3n) is 6.32. The molecular formula is C24H28ClF6N3O4S. The molecule has 1 fully saturated rings. The van der Waals surface area contributed by atoms with Crippen molar-refractivity contribution in [2.24, 2.45) is 11.8 Å². The zero-order chi connectivity index (χ0) is 29.4. The van der Waals surface area contributed by atoms with Crippen molar-refractivity contribution in [1.29, 1.82) is 0 Å². The number of carbonyl (C=O) groups excluding carboxylic acids is 1. The molecule has 1 heterocycles. The molecule has 1 aromatic carbocycles. The number of aromatic nitrogens is 2. The Bertz CT molecular complexity index is 1160. The number of aryl methyl sites for hydroxylation is 2. The lowest BCUT2D eigenvalue weighted by Gasteiger charge is -2.26. The molecule has 0 radical (unpaired) electrons. The van der Waals surface area contributed by atoms with E-state index in [1.165, 1.54) is 16.8 Å². The smallest absolute Gasteiger partial charge is 0.405 e. The van der Waals surface area contributed by atoms with Crippen LogP contribution < -0.4 is 10.1 Å². The Kier molecular flexibility index (Phi) is 11.8. The summed E-state index contributed by atoms with van der Waals surface area (Å²) in [5, 5.41) is 6.85. The van der Waals surface area contributed by atoms with E-state index in [9.17, 15) is 31.1 Å². The molecule has 1 aliphatic carbocycles. The number of halogens is 7. The second-order valence-corrected chi connectivity index (χ2v) is 9.74. The molecule has 1 N–H and O–H groups in total. The minimum atomic E-state index is -5.10. The Hall–Kier alpha value is -2.61. The fourth-order valence-corrected chi connectivity index (χ4v) is 4.66. The largest absolute Gasteiger partial charge is 0.573 e. The summed E-state index contributed by atoms with van der Waals surface area (Å²) in [6.07, 6.45) is -7.15. The van der Waals surface area contributed by atoms with Gasteiger partial charge in [0, 0.05) is 25.1 Å². The van der Waals surface area contributed by atoms with Crippen molar-refractivity contribution in [2.45, 2.75) is 71.5 Å². The minimum Gasteiger partial charge on any atom is -0.405 e. The fourth-order valence-electron chi connectivity index (χ4n) is 4.34. The van der Waals surface area contributed by atoms with Crippen molar-refractivity contribution in [2.75, 3.05) is 6.54 Å². The van der Waals surface area contributed by atoms with Gasteiger partial charge in [0.1, 0.15) is 5.75 Å². The maximum atomic E-state index is 13.1. The van der Waals surface area contributed by atoms with Crippen molar-refractivity contribution in [3.05, 3.63) is 34.5 Å². The van der Waals surface area contributed by atoms with E-state index in [1.807, 2.05) is 0 Å². The van der Waals surface area contributed by atoms with Gasteiger partial charge in [0.05, 0.1) is 10.7 Å². The normalized spacial score (nSPS) is 17.7. The van der Waals surface area contributed by atoms with Gasteiger partial charge in [-0.1, -0.05) is 37.4 Å². The highest BCUT2D eigenvalue weighted by atomic mass is 35.5. The Morgan fingerprint density at radius 2 is 1.77 bits per heavy atom. The average Bonchev–Trinajstić information content (AvgIpc) is 3.17. The van der Waals surface area contributed by atoms with E-state index in [0.717, 1.165) is 31.7 Å². The molecule has 1 amide bonds. The van der Waals surface area contributed by atoms with Gasteiger partial charge in [0.25, 0.3) is 5.91 Å². The molecule has 1 saturated carbocycles. The van der Waals surface area contributed by atoms with Crippen LogP contribution in [0, 0.1) is 11.8 Å². The standard InChI is InChI=1S/C24H28ClF6N3O2.O2S/c1-3-34-21(19(25)20(33-34)22(35)32-13-16-6-4-14(2)5-7-16)17-9-8-15(10-11-23(26,27)28)12-18(17)36-24(29,30)31;1-3-2/h8-9,12,14,16H,3-7,10-11,13H2,1-2H3,(H,32,35);. The average molecular weight is 604 g/mol. The van der Waals surface area contributed by atoms with E-state index in [1.54, 1.807) is 6.92 Å². The zero-order valence-electron chi connectivity index (χ0n) is 21.1. The number of amides is 1. The van der Waals surface area contributed by atoms with E-state index < -0.39 is 48.6 Å². The van der Waals surface area contributed by atoms with Crippen LogP contribution >= 0.6 is 11.6 Å². The summed E-state index contributed by atoms with van der Waals surface area (Å²) in [7, 11) is 0. The molecule has 218 valence electrons. The molecular weight excluding hydrogens is 576 g/mol. The molecule has 0 aliphatic heterocycles. The predicted octanol–water partition coefficient (Wildman–Crippen LogP) is 6.50. The molecule has 15 heteroatoms. The summed E-state index contributed by atoms with van der Waals surface area (Å²) in [6.45, 7) is 4.46. The molecule has 0 saturated heterocycles. The van der Waals surface area contributed by atoms with E-state index >= 15 is 0 Å². The van der Waals surface area contributed by atoms with Crippen molar-refractivity contribution < 1.29 is 44.3 Å². The molecule has 0 unspecified atom stereocenters. The number of ether oxygens (including phenoxy) is 1. The van der Waals surface area contributed by atoms with Crippen LogP contribution in [-0.2, 0) is 24.5 Å². The lowest BCUT2D eigenvalue weighted by atomic mass is 9.83. The Balaban J connectivity index is 0.00000170. The predicted molar refractivity (Wildman–Crippen MR) is 132 cm³/mol. The van der Waals surface area contributed by atoms with Crippen LogP contribution in [0.5, 0.6) is 5.75 Å². The highest BCUT2D eigenvalue weighted by molar-refractivity contribution is 7.51. The number of alkyl halides is 6. The van der Waals surface area contributed by atoms with Gasteiger partial charge in [-0.05, 0) is 55.7 Å². The highest BCUT2D eigenvalue weighted by Gasteiger charge is 2.34. The zero-order valence-corrected chi connectivity index (χ0v) is 22.7. The number of nitrogens with one attached hydrogen (secondary N) is 1. The highest BCUT2D eigenvalue weighted by Crippen LogP contribution is 2.40. The van der Waals surface area contributed by atoms with Gasteiger partial charge >= 0.3 is 24.1 Å². The van der Waals surface area contributed by atoms with Gasteiger partial charge in [0.15, 0.2) is 5.69 Å². The van der Waals surface area contributed by atoms with Gasteiger partial charge in [-0.15, -0.1) is 13.2 Å². The van der Waals surface area contributed by atoms with Gasteiger partial charge < -0.3 is 10.1 Å². The number of hydrogen-bond acceptors (Lipinski definition) is 5. The van der Waals surface area contributed by atoms with E-state index in [2.05, 4.69) is 22.1 Å². The Morgan fingerprint density at radius 3 is 2.31 bits per heavy atom. The maximum Gasteiger partial charge on any atom is 0.573 e. The van der Waals surface area contributed by atoms with Crippen molar-refractivity contribution in [3.8, 4) is 17.0 Å². The third-order valence-corrected chi connectivity index (χ3v) is 6.68. The van der Waals surface area contributed by atoms with Crippen LogP contribution in [0.15, 0.2) is 18.2 Å². The van der Waals surface area contributed by atoms with E-state index in [0.29, 0.717) is 18.4 Å². The van der Waals surface area contributed by atoms with Crippen LogP contribution in [0.1, 0.15) is 62.0 Å². The van der Waals surface area contributed by atoms with Gasteiger partial charge in [0.2, 0.25) is 0 Å². The first-order valence-corrected chi connectivity index (χ1v) is 13.2. The van der Waals surface area contributed by atoms with E-state index in [-0.39, 0.29) is 34.1 Å². The number of nitrogens with zero attached hydrogens (tertiary/aromatic N) is 2. The quantitative estimate of drug-likeness (QED) is 0.348. The second kappa shape index (κ2) is 14.1. The van der Waals surface area contributed by atoms with Crippen LogP contribution in [0.25, 0.3) is 11.3 Å². The molecule has 2 aromatic rings. The topological polar surface area (TPSA) is 90.3 Å². The summed E-state index contributed by atoms with van der Waals surface area (Å²) in [5.41, 5.74) is -0.259. The van der Waals surface area contributed by atoms with Crippen molar-refractivity contribution >= 4 is 29.1 Å². The van der Waals surface area contributed by atoms with Crippen LogP contribution in [0.3, 0.4) is 0 Å². The lowest BCUT2D eigenvalue weighted by Crippen LogP contribution is -2.31. The van der Waals surface area contributed by atoms with Crippen molar-refractivity contribution in [3.63, 3.8) is 0 Å². The van der Waals surface area contributed by atoms with Crippen LogP contribution in [0.4, 0.5) is 26.3 Å². The van der Waals surface area contributed by atoms with Gasteiger partial charge in [-0.2, -0.15) is 26.7 Å². The molecule has 3 rings (SSSR count). The first kappa shape index (κ1) is 32.6. The molecule has 1 aliphatic rings. The lowest BCUT2D eigenvalue weighted by molar-refractivity contribution is -0.274. The maximum absolute atomic E-state index is 13.1. The molecule has 7 nitrogen and oxygen atoms in total. The molecule has 0 spiro atoms. The first-order chi connectivity index (χ1) is 18.2. The monoisotopic (exact) mass is 603 g/mol. The number of hydrogen-bond donors (Lipinski definition) is 1. The summed E-state index contributed by atoms with van der Waals surface area (Å²) in [5.74, 6) is -0.288. The summed E-state index contributed by atoms with van der Waals surface area (Å²) in [6, 6.07) is 3.38. The van der Waals surface area contributed by atoms with Crippen LogP contribution in [-0.4, -0.2) is 43.2 Å². The number of carbonyl (C=O) groups is 1. The van der Waals surface area contributed by atoms with E-state index in [4.69, 9.17) is 20.0 Å². The minimum absolute atomic E-state index is 0.00813. The molecule has 39 heavy (non-hydrogen) atoms. The van der Waals surface area contributed by atoms with Gasteiger partial charge in [-0.3, -0.25) is 9.48 Å².